The van der Waals surface area contributed by atoms with Crippen LogP contribution in [0.4, 0.5) is 5.82 Å². The number of ether oxygens (including phenoxy) is 3. The molecular formula is C29H57N3O14P2. The van der Waals surface area contributed by atoms with Crippen LogP contribution in [-0.4, -0.2) is 97.5 Å². The number of hydrogen-bond donors (Lipinski definition) is 7. The van der Waals surface area contributed by atoms with E-state index in [2.05, 4.69) is 20.7 Å². The van der Waals surface area contributed by atoms with E-state index in [9.17, 15) is 24.1 Å². The van der Waals surface area contributed by atoms with Crippen molar-refractivity contribution in [2.24, 2.45) is 0 Å². The van der Waals surface area contributed by atoms with Gasteiger partial charge in [-0.15, -0.1) is 0 Å². The molecule has 2 heterocycles. The van der Waals surface area contributed by atoms with Crippen LogP contribution >= 0.6 is 15.6 Å². The Labute approximate surface area is 282 Å². The fraction of sp³-hybridized carbons (Fsp3) is 0.862. The molecule has 2 unspecified atom stereocenters. The van der Waals surface area contributed by atoms with Gasteiger partial charge in [0.25, 0.3) is 0 Å². The normalized spacial score (nSPS) is 21.4. The third kappa shape index (κ3) is 19.8. The molecule has 1 aromatic rings. The summed E-state index contributed by atoms with van der Waals surface area (Å²) in [6.45, 7) is 2.74. The summed E-state index contributed by atoms with van der Waals surface area (Å²) in [6, 6.07) is 1.24. The number of nitrogens with two attached hydrogens (primary N) is 1. The van der Waals surface area contributed by atoms with E-state index < -0.39 is 52.5 Å². The maximum Gasteiger partial charge on any atom is 0.481 e. The number of aliphatic hydroxyl groups excluding tert-OH is 3. The Kier molecular flexibility index (Phi) is 23.1. The fourth-order valence-corrected chi connectivity index (χ4v) is 6.45. The first-order chi connectivity index (χ1) is 22.7. The largest absolute Gasteiger partial charge is 0.481 e. The van der Waals surface area contributed by atoms with Crippen molar-refractivity contribution >= 4 is 21.5 Å². The number of phosphoric acid groups is 2. The van der Waals surface area contributed by atoms with Gasteiger partial charge in [0.1, 0.15) is 30.2 Å². The number of aliphatic hydroxyl groups is 3. The fourth-order valence-electron chi connectivity index (χ4n) is 4.85. The summed E-state index contributed by atoms with van der Waals surface area (Å²) >= 11 is 0. The molecule has 19 heteroatoms. The van der Waals surface area contributed by atoms with Crippen LogP contribution < -0.4 is 11.4 Å². The molecule has 0 aliphatic carbocycles. The quantitative estimate of drug-likeness (QED) is 0.0562. The van der Waals surface area contributed by atoms with E-state index in [0.717, 1.165) is 23.8 Å². The van der Waals surface area contributed by atoms with Gasteiger partial charge in [0.05, 0.1) is 19.8 Å². The van der Waals surface area contributed by atoms with Crippen molar-refractivity contribution in [2.45, 2.75) is 127 Å². The number of phosphoric ester groups is 1. The number of rotatable bonds is 25. The van der Waals surface area contributed by atoms with Crippen LogP contribution in [0.25, 0.3) is 0 Å². The van der Waals surface area contributed by atoms with Gasteiger partial charge in [-0.1, -0.05) is 90.4 Å². The Hall–Kier alpha value is -1.30. The molecule has 17 nitrogen and oxygen atoms in total. The third-order valence-corrected chi connectivity index (χ3v) is 9.71. The Morgan fingerprint density at radius 2 is 1.48 bits per heavy atom. The van der Waals surface area contributed by atoms with Gasteiger partial charge in [0.15, 0.2) is 6.23 Å². The predicted molar refractivity (Wildman–Crippen MR) is 177 cm³/mol. The number of unbranched alkanes of at least 4 members (excludes halogenated alkanes) is 13. The highest BCUT2D eigenvalue weighted by molar-refractivity contribution is 7.60. The first-order valence-corrected chi connectivity index (χ1v) is 19.6. The molecule has 1 fully saturated rings. The molecule has 1 aliphatic heterocycles. The van der Waals surface area contributed by atoms with Gasteiger partial charge in [-0.05, 0) is 12.5 Å². The van der Waals surface area contributed by atoms with Crippen molar-refractivity contribution < 1.29 is 62.2 Å². The monoisotopic (exact) mass is 733 g/mol. The average molecular weight is 734 g/mol. The first-order valence-electron chi connectivity index (χ1n) is 16.6. The van der Waals surface area contributed by atoms with Crippen LogP contribution in [0.5, 0.6) is 0 Å². The van der Waals surface area contributed by atoms with Crippen molar-refractivity contribution in [1.29, 1.82) is 0 Å². The minimum absolute atomic E-state index is 0.0369. The molecule has 1 saturated heterocycles. The lowest BCUT2D eigenvalue weighted by Gasteiger charge is -2.17. The SMILES string of the molecule is CCCCCCCCCCCCCCCCOCC(CO)OC.Nc1ccn([C@@H]2O[C@H](COP(=O)(O)OP(=O)(O)O)[C@@H](O)[C@H]2O)c(=O)n1. The van der Waals surface area contributed by atoms with Gasteiger partial charge in [-0.3, -0.25) is 9.09 Å². The van der Waals surface area contributed by atoms with Crippen LogP contribution in [0.15, 0.2) is 17.1 Å². The van der Waals surface area contributed by atoms with E-state index in [0.29, 0.717) is 6.61 Å². The van der Waals surface area contributed by atoms with Crippen LogP contribution in [0, 0.1) is 0 Å². The highest BCUT2D eigenvalue weighted by Gasteiger charge is 2.45. The van der Waals surface area contributed by atoms with E-state index in [1.807, 2.05) is 0 Å². The summed E-state index contributed by atoms with van der Waals surface area (Å²) in [7, 11) is -8.85. The van der Waals surface area contributed by atoms with Crippen LogP contribution in [0.1, 0.15) is 103 Å². The molecule has 1 aromatic heterocycles. The third-order valence-electron chi connectivity index (χ3n) is 7.56. The molecule has 0 saturated carbocycles. The molecule has 0 amide bonds. The van der Waals surface area contributed by atoms with Crippen LogP contribution in [-0.2, 0) is 32.2 Å². The lowest BCUT2D eigenvalue weighted by atomic mass is 10.0. The van der Waals surface area contributed by atoms with E-state index in [1.165, 1.54) is 89.5 Å². The maximum atomic E-state index is 11.7. The van der Waals surface area contributed by atoms with Crippen LogP contribution in [0.2, 0.25) is 0 Å². The predicted octanol–water partition coefficient (Wildman–Crippen LogP) is 3.16. The molecule has 8 N–H and O–H groups in total. The van der Waals surface area contributed by atoms with E-state index in [-0.39, 0.29) is 18.5 Å². The Morgan fingerprint density at radius 3 is 1.96 bits per heavy atom. The molecule has 0 radical (unpaired) electrons. The minimum Gasteiger partial charge on any atom is -0.394 e. The topological polar surface area (TPSA) is 263 Å². The summed E-state index contributed by atoms with van der Waals surface area (Å²) < 4.78 is 46.4. The molecule has 2 rings (SSSR count). The number of hydrogen-bond acceptors (Lipinski definition) is 13. The van der Waals surface area contributed by atoms with Gasteiger partial charge in [-0.2, -0.15) is 9.29 Å². The van der Waals surface area contributed by atoms with E-state index in [1.54, 1.807) is 7.11 Å². The minimum atomic E-state index is -5.30. The Morgan fingerprint density at radius 1 is 0.938 bits per heavy atom. The Balaban J connectivity index is 0.000000483. The highest BCUT2D eigenvalue weighted by atomic mass is 31.3. The highest BCUT2D eigenvalue weighted by Crippen LogP contribution is 2.57. The molecule has 0 spiro atoms. The summed E-state index contributed by atoms with van der Waals surface area (Å²) in [5, 5.41) is 28.8. The number of nitrogen functional groups attached to an aromatic ring is 1. The first kappa shape index (κ1) is 44.7. The van der Waals surface area contributed by atoms with Crippen molar-refractivity contribution in [3.05, 3.63) is 22.7 Å². The lowest BCUT2D eigenvalue weighted by molar-refractivity contribution is -0.0541. The van der Waals surface area contributed by atoms with Crippen molar-refractivity contribution in [3.63, 3.8) is 0 Å². The Bertz CT molecular complexity index is 1140. The van der Waals surface area contributed by atoms with Crippen LogP contribution in [0.3, 0.4) is 0 Å². The summed E-state index contributed by atoms with van der Waals surface area (Å²) in [6.07, 6.45) is 14.2. The van der Waals surface area contributed by atoms with Crippen molar-refractivity contribution in [1.82, 2.24) is 9.55 Å². The zero-order valence-electron chi connectivity index (χ0n) is 28.1. The van der Waals surface area contributed by atoms with Crippen molar-refractivity contribution in [2.75, 3.05) is 39.3 Å². The smallest absolute Gasteiger partial charge is 0.394 e. The molecule has 1 aliphatic rings. The van der Waals surface area contributed by atoms with Crippen molar-refractivity contribution in [3.8, 4) is 0 Å². The molecular weight excluding hydrogens is 676 g/mol. The maximum absolute atomic E-state index is 11.7. The molecule has 6 atom stereocenters. The lowest BCUT2D eigenvalue weighted by Crippen LogP contribution is -2.36. The number of aromatic nitrogens is 2. The molecule has 282 valence electrons. The number of anilines is 1. The number of nitrogens with zero attached hydrogens (tertiary/aromatic N) is 2. The zero-order valence-corrected chi connectivity index (χ0v) is 29.9. The summed E-state index contributed by atoms with van der Waals surface area (Å²) in [4.78, 5) is 41.3. The summed E-state index contributed by atoms with van der Waals surface area (Å²) in [5.74, 6) is -0.0787. The van der Waals surface area contributed by atoms with Gasteiger partial charge in [0.2, 0.25) is 0 Å². The van der Waals surface area contributed by atoms with Gasteiger partial charge in [0, 0.05) is 19.9 Å². The van der Waals surface area contributed by atoms with Gasteiger partial charge < -0.3 is 49.9 Å². The number of methoxy groups -OCH3 is 1. The second kappa shape index (κ2) is 24.8. The molecule has 48 heavy (non-hydrogen) atoms. The van der Waals surface area contributed by atoms with Gasteiger partial charge in [-0.25, -0.2) is 13.9 Å². The average Bonchev–Trinajstić information content (AvgIpc) is 3.29. The summed E-state index contributed by atoms with van der Waals surface area (Å²) in [5.41, 5.74) is 4.45. The second-order valence-electron chi connectivity index (χ2n) is 11.6. The van der Waals surface area contributed by atoms with E-state index in [4.69, 9.17) is 39.7 Å². The molecule has 0 aromatic carbocycles. The molecule has 0 bridgehead atoms. The van der Waals surface area contributed by atoms with Gasteiger partial charge >= 0.3 is 21.3 Å². The standard InChI is InChI=1S/C20H42O3.C9H15N3O11P2/c1-3-4-5-6-7-8-9-10-11-12-13-14-15-16-17-23-19-20(18-21)22-2;10-5-1-2-12(9(15)11-5)8-7(14)6(13)4(22-8)3-21-25(19,20)23-24(16,17)18/h20-21H,3-19H2,1-2H3;1-2,4,6-8,13-14H,3H2,(H,19,20)(H2,10,11,15)(H2,16,17,18)/t;4-,6-,7-,8-/m.1/s1. The van der Waals surface area contributed by atoms with E-state index >= 15 is 0 Å². The zero-order chi connectivity index (χ0) is 36.0. The second-order valence-corrected chi connectivity index (χ2v) is 14.5.